The summed E-state index contributed by atoms with van der Waals surface area (Å²) in [4.78, 5) is 15.8. The Morgan fingerprint density at radius 1 is 1.47 bits per heavy atom. The van der Waals surface area contributed by atoms with E-state index in [1.165, 1.54) is 4.52 Å². The minimum atomic E-state index is -0.339. The molecule has 0 aliphatic carbocycles. The molecule has 8 heteroatoms. The number of aromatic amines is 1. The van der Waals surface area contributed by atoms with Gasteiger partial charge < -0.3 is 5.32 Å². The molecule has 0 amide bonds. The molecule has 0 fully saturated rings. The van der Waals surface area contributed by atoms with E-state index in [4.69, 9.17) is 0 Å². The molecule has 0 aliphatic rings. The number of aryl methyl sites for hydroxylation is 1. The average Bonchev–Trinajstić information content (AvgIpc) is 2.97. The van der Waals surface area contributed by atoms with Gasteiger partial charge in [-0.25, -0.2) is 14.9 Å². The molecule has 3 heterocycles. The Labute approximate surface area is 112 Å². The van der Waals surface area contributed by atoms with Gasteiger partial charge in [-0.1, -0.05) is 0 Å². The molecular weight excluding hydrogens is 264 g/mol. The zero-order valence-corrected chi connectivity index (χ0v) is 11.1. The van der Waals surface area contributed by atoms with Crippen molar-refractivity contribution in [1.82, 2.24) is 24.8 Å². The molecule has 0 atom stereocenters. The topological polar surface area (TPSA) is 88.0 Å². The van der Waals surface area contributed by atoms with Gasteiger partial charge in [0.1, 0.15) is 5.82 Å². The molecule has 3 rings (SSSR count). The second-order valence-corrected chi connectivity index (χ2v) is 5.02. The van der Waals surface area contributed by atoms with E-state index in [1.54, 1.807) is 23.5 Å². The standard InChI is InChI=1S/C11H12N6OS/c1-7-6-19-10(13-7)4-5-12-8-2-3-9-14-15-11(18)17(9)16-8/h2-3,6H,4-5H2,1H3,(H,12,16)(H,15,18). The van der Waals surface area contributed by atoms with Gasteiger partial charge in [0.15, 0.2) is 5.65 Å². The van der Waals surface area contributed by atoms with E-state index in [0.717, 1.165) is 23.7 Å². The Balaban J connectivity index is 1.68. The maximum Gasteiger partial charge on any atom is 0.364 e. The minimum Gasteiger partial charge on any atom is -0.368 e. The average molecular weight is 276 g/mol. The van der Waals surface area contributed by atoms with Crippen LogP contribution in [0.4, 0.5) is 5.82 Å². The third-order valence-electron chi connectivity index (χ3n) is 2.59. The van der Waals surface area contributed by atoms with Crippen LogP contribution in [0.3, 0.4) is 0 Å². The molecule has 0 saturated heterocycles. The van der Waals surface area contributed by atoms with Crippen LogP contribution >= 0.6 is 11.3 Å². The summed E-state index contributed by atoms with van der Waals surface area (Å²) in [7, 11) is 0. The largest absolute Gasteiger partial charge is 0.368 e. The van der Waals surface area contributed by atoms with Crippen molar-refractivity contribution in [1.29, 1.82) is 0 Å². The van der Waals surface area contributed by atoms with E-state index in [1.807, 2.05) is 12.3 Å². The number of hydrogen-bond donors (Lipinski definition) is 2. The van der Waals surface area contributed by atoms with Gasteiger partial charge in [0.25, 0.3) is 0 Å². The van der Waals surface area contributed by atoms with E-state index < -0.39 is 0 Å². The van der Waals surface area contributed by atoms with Gasteiger partial charge in [0.05, 0.1) is 5.01 Å². The van der Waals surface area contributed by atoms with E-state index in [9.17, 15) is 4.79 Å². The summed E-state index contributed by atoms with van der Waals surface area (Å²) < 4.78 is 1.23. The molecular formula is C11H12N6OS. The van der Waals surface area contributed by atoms with Crippen LogP contribution in [0.15, 0.2) is 22.3 Å². The van der Waals surface area contributed by atoms with Crippen LogP contribution in [-0.4, -0.2) is 31.3 Å². The quantitative estimate of drug-likeness (QED) is 0.737. The van der Waals surface area contributed by atoms with Crippen molar-refractivity contribution in [3.05, 3.63) is 38.7 Å². The van der Waals surface area contributed by atoms with Crippen LogP contribution in [0.25, 0.3) is 5.65 Å². The molecule has 2 N–H and O–H groups in total. The lowest BCUT2D eigenvalue weighted by molar-refractivity contribution is 0.870. The predicted molar refractivity (Wildman–Crippen MR) is 72.7 cm³/mol. The van der Waals surface area contributed by atoms with Crippen LogP contribution in [0.2, 0.25) is 0 Å². The Kier molecular flexibility index (Phi) is 3.00. The number of fused-ring (bicyclic) bond motifs is 1. The van der Waals surface area contributed by atoms with Gasteiger partial charge in [0.2, 0.25) is 0 Å². The summed E-state index contributed by atoms with van der Waals surface area (Å²) >= 11 is 1.65. The van der Waals surface area contributed by atoms with E-state index >= 15 is 0 Å². The summed E-state index contributed by atoms with van der Waals surface area (Å²) in [5.74, 6) is 0.643. The monoisotopic (exact) mass is 276 g/mol. The molecule has 19 heavy (non-hydrogen) atoms. The second kappa shape index (κ2) is 4.81. The van der Waals surface area contributed by atoms with Gasteiger partial charge >= 0.3 is 5.69 Å². The zero-order chi connectivity index (χ0) is 13.2. The number of anilines is 1. The Morgan fingerprint density at radius 3 is 3.16 bits per heavy atom. The van der Waals surface area contributed by atoms with Crippen molar-refractivity contribution < 1.29 is 0 Å². The Morgan fingerprint density at radius 2 is 2.37 bits per heavy atom. The SMILES string of the molecule is Cc1csc(CCNc2ccc3n[nH]c(=O)n3n2)n1. The highest BCUT2D eigenvalue weighted by Gasteiger charge is 2.03. The van der Waals surface area contributed by atoms with Gasteiger partial charge in [-0.05, 0) is 19.1 Å². The van der Waals surface area contributed by atoms with Crippen molar-refractivity contribution >= 4 is 22.8 Å². The van der Waals surface area contributed by atoms with Gasteiger partial charge in [-0.2, -0.15) is 9.61 Å². The maximum atomic E-state index is 11.4. The lowest BCUT2D eigenvalue weighted by atomic mass is 10.4. The molecule has 0 spiro atoms. The number of H-pyrrole nitrogens is 1. The predicted octanol–water partition coefficient (Wildman–Crippen LogP) is 0.837. The van der Waals surface area contributed by atoms with Crippen molar-refractivity contribution in [2.45, 2.75) is 13.3 Å². The van der Waals surface area contributed by atoms with Crippen molar-refractivity contribution in [3.63, 3.8) is 0 Å². The maximum absolute atomic E-state index is 11.4. The lowest BCUT2D eigenvalue weighted by Crippen LogP contribution is -2.14. The van der Waals surface area contributed by atoms with Crippen LogP contribution < -0.4 is 11.0 Å². The number of aromatic nitrogens is 5. The first-order chi connectivity index (χ1) is 9.22. The summed E-state index contributed by atoms with van der Waals surface area (Å²) in [6, 6.07) is 3.53. The van der Waals surface area contributed by atoms with Crippen molar-refractivity contribution in [2.75, 3.05) is 11.9 Å². The first-order valence-corrected chi connectivity index (χ1v) is 6.70. The second-order valence-electron chi connectivity index (χ2n) is 4.08. The number of hydrogen-bond acceptors (Lipinski definition) is 6. The van der Waals surface area contributed by atoms with Crippen LogP contribution in [-0.2, 0) is 6.42 Å². The zero-order valence-electron chi connectivity index (χ0n) is 10.3. The molecule has 0 radical (unpaired) electrons. The van der Waals surface area contributed by atoms with Crippen molar-refractivity contribution in [2.24, 2.45) is 0 Å². The number of nitrogens with zero attached hydrogens (tertiary/aromatic N) is 4. The highest BCUT2D eigenvalue weighted by Crippen LogP contribution is 2.09. The van der Waals surface area contributed by atoms with Crippen LogP contribution in [0.5, 0.6) is 0 Å². The molecule has 0 saturated carbocycles. The summed E-state index contributed by atoms with van der Waals surface area (Å²) in [5.41, 5.74) is 1.21. The number of thiazole rings is 1. The first kappa shape index (κ1) is 11.8. The van der Waals surface area contributed by atoms with Crippen LogP contribution in [0.1, 0.15) is 10.7 Å². The fraction of sp³-hybridized carbons (Fsp3) is 0.273. The first-order valence-electron chi connectivity index (χ1n) is 5.82. The summed E-state index contributed by atoms with van der Waals surface area (Å²) in [6.07, 6.45) is 0.832. The summed E-state index contributed by atoms with van der Waals surface area (Å²) in [5, 5.41) is 16.6. The van der Waals surface area contributed by atoms with E-state index in [2.05, 4.69) is 25.6 Å². The molecule has 0 aliphatic heterocycles. The molecule has 7 nitrogen and oxygen atoms in total. The molecule has 3 aromatic rings. The smallest absolute Gasteiger partial charge is 0.364 e. The summed E-state index contributed by atoms with van der Waals surface area (Å²) in [6.45, 7) is 2.70. The highest BCUT2D eigenvalue weighted by atomic mass is 32.1. The van der Waals surface area contributed by atoms with E-state index in [-0.39, 0.29) is 5.69 Å². The van der Waals surface area contributed by atoms with Gasteiger partial charge in [0, 0.05) is 24.0 Å². The van der Waals surface area contributed by atoms with E-state index in [0.29, 0.717) is 11.5 Å². The number of nitrogens with one attached hydrogen (secondary N) is 2. The Bertz CT molecular complexity index is 758. The number of rotatable bonds is 4. The van der Waals surface area contributed by atoms with Gasteiger partial charge in [-0.3, -0.25) is 0 Å². The van der Waals surface area contributed by atoms with Crippen LogP contribution in [0, 0.1) is 6.92 Å². The normalized spacial score (nSPS) is 11.0. The Hall–Kier alpha value is -2.22. The lowest BCUT2D eigenvalue weighted by Gasteiger charge is -2.03. The fourth-order valence-corrected chi connectivity index (χ4v) is 2.49. The van der Waals surface area contributed by atoms with Crippen molar-refractivity contribution in [3.8, 4) is 0 Å². The minimum absolute atomic E-state index is 0.339. The molecule has 3 aromatic heterocycles. The molecule has 0 bridgehead atoms. The third-order valence-corrected chi connectivity index (χ3v) is 3.61. The highest BCUT2D eigenvalue weighted by molar-refractivity contribution is 7.09. The molecule has 98 valence electrons. The fourth-order valence-electron chi connectivity index (χ4n) is 1.71. The third kappa shape index (κ3) is 2.48. The van der Waals surface area contributed by atoms with Gasteiger partial charge in [-0.15, -0.1) is 16.4 Å². The molecule has 0 aromatic carbocycles. The molecule has 0 unspecified atom stereocenters.